The van der Waals surface area contributed by atoms with Crippen molar-refractivity contribution < 1.29 is 31.8 Å². The maximum Gasteiger partial charge on any atom is 0.319 e. The van der Waals surface area contributed by atoms with Gasteiger partial charge in [0.2, 0.25) is 0 Å². The Labute approximate surface area is 243 Å². The van der Waals surface area contributed by atoms with Gasteiger partial charge in [-0.25, -0.2) is 22.0 Å². The number of pyridine rings is 1. The van der Waals surface area contributed by atoms with Crippen LogP contribution in [0.5, 0.6) is 11.8 Å². The van der Waals surface area contributed by atoms with E-state index in [0.717, 1.165) is 19.0 Å². The number of terminal acetylenes is 1. The molecule has 1 N–H and O–H groups in total. The van der Waals surface area contributed by atoms with Crippen LogP contribution >= 0.6 is 0 Å². The third kappa shape index (κ3) is 4.49. The molecule has 3 aliphatic heterocycles. The van der Waals surface area contributed by atoms with E-state index in [1.165, 1.54) is 29.3 Å². The Morgan fingerprint density at radius 1 is 1.09 bits per heavy atom. The molecule has 3 fully saturated rings. The van der Waals surface area contributed by atoms with Crippen LogP contribution in [0.3, 0.4) is 0 Å². The summed E-state index contributed by atoms with van der Waals surface area (Å²) in [5.74, 6) is 0.436. The first kappa shape index (κ1) is 27.6. The molecule has 222 valence electrons. The van der Waals surface area contributed by atoms with E-state index in [0.29, 0.717) is 18.4 Å². The van der Waals surface area contributed by atoms with Crippen molar-refractivity contribution in [3.8, 4) is 35.4 Å². The molecule has 5 heterocycles. The predicted octanol–water partition coefficient (Wildman–Crippen LogP) is 5.26. The molecule has 4 unspecified atom stereocenters. The Bertz CT molecular complexity index is 1810. The second-order valence-corrected chi connectivity index (χ2v) is 11.5. The van der Waals surface area contributed by atoms with Crippen molar-refractivity contribution in [2.24, 2.45) is 0 Å². The van der Waals surface area contributed by atoms with Crippen LogP contribution in [0, 0.1) is 24.0 Å². The van der Waals surface area contributed by atoms with E-state index in [4.69, 9.17) is 11.2 Å². The highest BCUT2D eigenvalue weighted by Crippen LogP contribution is 2.42. The zero-order valence-electron chi connectivity index (χ0n) is 22.8. The number of anilines is 1. The highest BCUT2D eigenvalue weighted by Gasteiger charge is 2.49. The van der Waals surface area contributed by atoms with Gasteiger partial charge in [-0.2, -0.15) is 9.97 Å². The lowest BCUT2D eigenvalue weighted by Gasteiger charge is -2.31. The number of nitrogens with zero attached hydrogens (tertiary/aromatic N) is 5. The molecule has 3 aliphatic rings. The minimum Gasteiger partial charge on any atom is -0.508 e. The Balaban J connectivity index is 1.38. The second kappa shape index (κ2) is 10.2. The topological polar surface area (TPSA) is 74.6 Å². The van der Waals surface area contributed by atoms with E-state index in [-0.39, 0.29) is 76.8 Å². The van der Waals surface area contributed by atoms with Crippen molar-refractivity contribution >= 4 is 27.5 Å². The van der Waals surface area contributed by atoms with Crippen LogP contribution in [0.1, 0.15) is 24.8 Å². The van der Waals surface area contributed by atoms with Crippen LogP contribution in [0.25, 0.3) is 32.9 Å². The van der Waals surface area contributed by atoms with Gasteiger partial charge in [0, 0.05) is 30.1 Å². The van der Waals surface area contributed by atoms with Gasteiger partial charge in [-0.3, -0.25) is 9.88 Å². The highest BCUT2D eigenvalue weighted by atomic mass is 19.2. The molecule has 0 saturated carbocycles. The number of phenolic OH excluding ortho intramolecular Hbond substituents is 1. The van der Waals surface area contributed by atoms with Gasteiger partial charge >= 0.3 is 6.01 Å². The van der Waals surface area contributed by atoms with Crippen molar-refractivity contribution in [2.75, 3.05) is 37.7 Å². The molecule has 7 rings (SSSR count). The Kier molecular flexibility index (Phi) is 6.54. The van der Waals surface area contributed by atoms with Crippen LogP contribution < -0.4 is 9.64 Å². The molecule has 12 heteroatoms. The Hall–Kier alpha value is -4.24. The average molecular weight is 596 g/mol. The van der Waals surface area contributed by atoms with Crippen molar-refractivity contribution in [3.63, 3.8) is 0 Å². The predicted molar refractivity (Wildman–Crippen MR) is 150 cm³/mol. The summed E-state index contributed by atoms with van der Waals surface area (Å²) >= 11 is 0. The third-order valence-electron chi connectivity index (χ3n) is 8.81. The number of alkyl halides is 3. The molecule has 0 bridgehead atoms. The van der Waals surface area contributed by atoms with Crippen molar-refractivity contribution in [3.05, 3.63) is 47.7 Å². The fourth-order valence-electron chi connectivity index (χ4n) is 6.81. The number of phenols is 1. The standard InChI is InChI=1S/C31H26F5N5O2/c1-2-19-22(33)5-4-16-8-18(42)9-20(25(16)19)27-26(36)28-21(11-37-27)29(40-13-23(34)24(35)14-40)39-30(38-28)43-15-31-6-3-7-41(31)12-17(32)10-31/h1,4-5,8-9,11,17,23-24,42H,3,6-7,10,12-15H2. The van der Waals surface area contributed by atoms with E-state index in [1.54, 1.807) is 0 Å². The number of halogens is 5. The fraction of sp³-hybridized carbons (Fsp3) is 0.387. The van der Waals surface area contributed by atoms with Crippen LogP contribution in [0.15, 0.2) is 30.5 Å². The van der Waals surface area contributed by atoms with Crippen molar-refractivity contribution in [1.29, 1.82) is 0 Å². The minimum atomic E-state index is -1.77. The summed E-state index contributed by atoms with van der Waals surface area (Å²) in [6.45, 7) is 0.452. The van der Waals surface area contributed by atoms with Gasteiger partial charge in [-0.05, 0) is 43.0 Å². The van der Waals surface area contributed by atoms with Gasteiger partial charge in [0.05, 0.1) is 29.6 Å². The molecule has 43 heavy (non-hydrogen) atoms. The number of ether oxygens (including phenoxy) is 1. The largest absolute Gasteiger partial charge is 0.508 e. The molecule has 0 radical (unpaired) electrons. The van der Waals surface area contributed by atoms with E-state index < -0.39 is 35.7 Å². The molecule has 0 aliphatic carbocycles. The van der Waals surface area contributed by atoms with Crippen LogP contribution in [0.4, 0.5) is 27.8 Å². The molecule has 3 saturated heterocycles. The summed E-state index contributed by atoms with van der Waals surface area (Å²) in [4.78, 5) is 16.4. The van der Waals surface area contributed by atoms with E-state index in [9.17, 15) is 22.7 Å². The van der Waals surface area contributed by atoms with Gasteiger partial charge in [-0.15, -0.1) is 6.42 Å². The number of aromatic hydroxyl groups is 1. The lowest BCUT2D eigenvalue weighted by Crippen LogP contribution is -2.43. The third-order valence-corrected chi connectivity index (χ3v) is 8.81. The van der Waals surface area contributed by atoms with E-state index in [2.05, 4.69) is 20.9 Å². The quantitative estimate of drug-likeness (QED) is 0.249. The summed E-state index contributed by atoms with van der Waals surface area (Å²) in [6, 6.07) is 4.92. The number of fused-ring (bicyclic) bond motifs is 3. The summed E-state index contributed by atoms with van der Waals surface area (Å²) in [7, 11) is 0. The van der Waals surface area contributed by atoms with Gasteiger partial charge in [-0.1, -0.05) is 12.0 Å². The smallest absolute Gasteiger partial charge is 0.319 e. The van der Waals surface area contributed by atoms with E-state index >= 15 is 4.39 Å². The Morgan fingerprint density at radius 2 is 1.88 bits per heavy atom. The molecule has 4 atom stereocenters. The first-order valence-electron chi connectivity index (χ1n) is 14.0. The first-order chi connectivity index (χ1) is 20.7. The fourth-order valence-corrected chi connectivity index (χ4v) is 6.81. The molecule has 4 aromatic rings. The van der Waals surface area contributed by atoms with E-state index in [1.807, 2.05) is 4.90 Å². The van der Waals surface area contributed by atoms with Crippen LogP contribution in [0.2, 0.25) is 0 Å². The summed E-state index contributed by atoms with van der Waals surface area (Å²) in [5.41, 5.74) is -1.19. The number of aromatic nitrogens is 3. The maximum absolute atomic E-state index is 16.5. The highest BCUT2D eigenvalue weighted by molar-refractivity contribution is 6.03. The van der Waals surface area contributed by atoms with Crippen LogP contribution in [-0.2, 0) is 0 Å². The summed E-state index contributed by atoms with van der Waals surface area (Å²) < 4.78 is 80.0. The minimum absolute atomic E-state index is 0.0266. The first-order valence-corrected chi connectivity index (χ1v) is 14.0. The number of hydrogen-bond donors (Lipinski definition) is 1. The van der Waals surface area contributed by atoms with Gasteiger partial charge < -0.3 is 14.7 Å². The second-order valence-electron chi connectivity index (χ2n) is 11.5. The Morgan fingerprint density at radius 3 is 2.65 bits per heavy atom. The SMILES string of the molecule is C#Cc1c(F)ccc2cc(O)cc(-c3ncc4c(N5CC(F)C(F)C5)nc(OCC56CCCN5CC(F)C6)nc4c3F)c12. The number of rotatable bonds is 5. The molecular formula is C31H26F5N5O2. The lowest BCUT2D eigenvalue weighted by molar-refractivity contribution is 0.107. The molecule has 0 spiro atoms. The maximum atomic E-state index is 16.5. The summed E-state index contributed by atoms with van der Waals surface area (Å²) in [6.07, 6.45) is 4.20. The van der Waals surface area contributed by atoms with Crippen LogP contribution in [-0.4, -0.2) is 81.8 Å². The van der Waals surface area contributed by atoms with Gasteiger partial charge in [0.25, 0.3) is 0 Å². The molecule has 0 amide bonds. The van der Waals surface area contributed by atoms with Gasteiger partial charge in [0.15, 0.2) is 18.2 Å². The normalized spacial score (nSPS) is 25.5. The number of benzene rings is 2. The molecule has 7 nitrogen and oxygen atoms in total. The lowest BCUT2D eigenvalue weighted by atomic mass is 9.95. The van der Waals surface area contributed by atoms with Crippen molar-refractivity contribution in [1.82, 2.24) is 19.9 Å². The zero-order valence-corrected chi connectivity index (χ0v) is 22.8. The molecule has 2 aromatic carbocycles. The monoisotopic (exact) mass is 595 g/mol. The molecule has 2 aromatic heterocycles. The summed E-state index contributed by atoms with van der Waals surface area (Å²) in [5, 5.41) is 11.0. The van der Waals surface area contributed by atoms with Gasteiger partial charge in [0.1, 0.15) is 41.4 Å². The molecular weight excluding hydrogens is 569 g/mol. The zero-order chi connectivity index (χ0) is 30.0. The average Bonchev–Trinajstić information content (AvgIpc) is 3.62. The number of hydrogen-bond acceptors (Lipinski definition) is 7. The van der Waals surface area contributed by atoms with Crippen molar-refractivity contribution in [2.45, 2.75) is 43.3 Å².